The molecule has 6 rings (SSSR count). The number of hydrogen-bond acceptors (Lipinski definition) is 8. The van der Waals surface area contributed by atoms with Gasteiger partial charge in [0, 0.05) is 35.4 Å². The smallest absolute Gasteiger partial charge is 0.475 e. The number of amides is 3. The van der Waals surface area contributed by atoms with Crippen LogP contribution in [-0.4, -0.2) is 62.9 Å². The van der Waals surface area contributed by atoms with Crippen LogP contribution < -0.4 is 10.6 Å². The van der Waals surface area contributed by atoms with Gasteiger partial charge < -0.3 is 15.7 Å². The number of fused-ring (bicyclic) bond motifs is 2. The highest BCUT2D eigenvalue weighted by molar-refractivity contribution is 7.19. The molecule has 3 fully saturated rings. The van der Waals surface area contributed by atoms with E-state index in [1.165, 1.54) is 16.2 Å². The van der Waals surface area contributed by atoms with Crippen LogP contribution in [0.15, 0.2) is 24.4 Å². The third-order valence-electron chi connectivity index (χ3n) is 7.91. The van der Waals surface area contributed by atoms with E-state index in [0.717, 1.165) is 31.9 Å². The molecule has 42 heavy (non-hydrogen) atoms. The monoisotopic (exact) mass is 603 g/mol. The number of carbonyl (C=O) groups is 4. The van der Waals surface area contributed by atoms with Gasteiger partial charge in [-0.3, -0.25) is 29.3 Å². The first-order valence-corrected chi connectivity index (χ1v) is 14.0. The van der Waals surface area contributed by atoms with E-state index < -0.39 is 12.1 Å². The Labute approximate surface area is 242 Å². The number of alkyl halides is 3. The Balaban J connectivity index is 0.000000451. The van der Waals surface area contributed by atoms with Crippen molar-refractivity contribution in [2.75, 3.05) is 18.4 Å². The molecule has 2 aliphatic heterocycles. The molecular formula is C28H28F3N5O5S. The third kappa shape index (κ3) is 5.24. The zero-order chi connectivity index (χ0) is 30.7. The van der Waals surface area contributed by atoms with Crippen LogP contribution in [0.4, 0.5) is 18.9 Å². The molecule has 14 heteroatoms. The Kier molecular flexibility index (Phi) is 7.34. The minimum atomic E-state index is -5.08. The number of anilines is 1. The average molecular weight is 604 g/mol. The van der Waals surface area contributed by atoms with Crippen LogP contribution in [0.3, 0.4) is 0 Å². The molecule has 3 aromatic rings. The summed E-state index contributed by atoms with van der Waals surface area (Å²) in [7, 11) is 0. The number of halogens is 3. The van der Waals surface area contributed by atoms with E-state index in [-0.39, 0.29) is 47.4 Å². The SMILES string of the molecule is Cc1cc(C)c(NC(=O)C2CNC2)c(-c2ccnc3cc(CN4C(=O)C5C(C4=O)C5(C)C)sc23)n1.O=C(O)C(F)(F)F. The molecule has 2 unspecified atom stereocenters. The van der Waals surface area contributed by atoms with Gasteiger partial charge in [0.25, 0.3) is 0 Å². The fourth-order valence-electron chi connectivity index (χ4n) is 5.46. The predicted octanol–water partition coefficient (Wildman–Crippen LogP) is 3.91. The minimum absolute atomic E-state index is 0.0107. The zero-order valence-electron chi connectivity index (χ0n) is 23.1. The second-order valence-electron chi connectivity index (χ2n) is 11.3. The van der Waals surface area contributed by atoms with E-state index >= 15 is 0 Å². The lowest BCUT2D eigenvalue weighted by atomic mass is 10.0. The minimum Gasteiger partial charge on any atom is -0.475 e. The standard InChI is InChI=1S/C26H27N5O3S.C2HF3O2/c1-12-7-13(2)29-21(20(12)30-23(32)14-9-27-10-14)16-5-6-28-17-8-15(35-22(16)17)11-31-24(33)18-19(25(31)34)26(18,3)4;3-2(4,5)1(6)7/h5-8,14,18-19,27H,9-11H2,1-4H3,(H,30,32);(H,6,7). The lowest BCUT2D eigenvalue weighted by Crippen LogP contribution is -2.48. The summed E-state index contributed by atoms with van der Waals surface area (Å²) >= 11 is 1.52. The van der Waals surface area contributed by atoms with Gasteiger partial charge in [0.2, 0.25) is 17.7 Å². The van der Waals surface area contributed by atoms with Crippen molar-refractivity contribution >= 4 is 50.9 Å². The molecular weight excluding hydrogens is 575 g/mol. The summed E-state index contributed by atoms with van der Waals surface area (Å²) in [4.78, 5) is 58.9. The Bertz CT molecular complexity index is 1610. The predicted molar refractivity (Wildman–Crippen MR) is 147 cm³/mol. The third-order valence-corrected chi connectivity index (χ3v) is 9.05. The number of thiophene rings is 1. The number of carboxylic acids is 1. The van der Waals surface area contributed by atoms with Crippen molar-refractivity contribution in [2.24, 2.45) is 23.2 Å². The first kappa shape index (κ1) is 29.6. The van der Waals surface area contributed by atoms with Gasteiger partial charge in [-0.25, -0.2) is 4.79 Å². The number of hydrogen-bond donors (Lipinski definition) is 3. The Morgan fingerprint density at radius 2 is 1.79 bits per heavy atom. The molecule has 1 saturated carbocycles. The highest BCUT2D eigenvalue weighted by Gasteiger charge is 2.72. The van der Waals surface area contributed by atoms with Crippen molar-refractivity contribution in [3.63, 3.8) is 0 Å². The maximum Gasteiger partial charge on any atom is 0.490 e. The summed E-state index contributed by atoms with van der Waals surface area (Å²) in [5, 5.41) is 13.4. The van der Waals surface area contributed by atoms with Crippen LogP contribution in [0.5, 0.6) is 0 Å². The van der Waals surface area contributed by atoms with Crippen molar-refractivity contribution < 1.29 is 37.5 Å². The molecule has 2 saturated heterocycles. The second kappa shape index (κ2) is 10.4. The summed E-state index contributed by atoms with van der Waals surface area (Å²) in [6.45, 7) is 9.51. The number of aliphatic carboxylic acids is 1. The van der Waals surface area contributed by atoms with E-state index in [1.54, 1.807) is 6.20 Å². The number of pyridine rings is 2. The molecule has 3 aromatic heterocycles. The molecule has 3 amide bonds. The molecule has 2 atom stereocenters. The summed E-state index contributed by atoms with van der Waals surface area (Å²) in [5.74, 6) is -3.31. The number of piperidine rings is 1. The van der Waals surface area contributed by atoms with Crippen molar-refractivity contribution in [1.82, 2.24) is 20.2 Å². The van der Waals surface area contributed by atoms with Crippen LogP contribution in [0.1, 0.15) is 30.0 Å². The normalized spacial score (nSPS) is 21.0. The molecule has 3 aliphatic rings. The van der Waals surface area contributed by atoms with Crippen LogP contribution in [-0.2, 0) is 25.7 Å². The lowest BCUT2D eigenvalue weighted by Gasteiger charge is -2.26. The van der Waals surface area contributed by atoms with E-state index in [0.29, 0.717) is 24.5 Å². The van der Waals surface area contributed by atoms with E-state index in [1.807, 2.05) is 45.9 Å². The zero-order valence-corrected chi connectivity index (χ0v) is 23.9. The number of carboxylic acid groups (broad SMARTS) is 1. The topological polar surface area (TPSA) is 142 Å². The second-order valence-corrected chi connectivity index (χ2v) is 12.4. The summed E-state index contributed by atoms with van der Waals surface area (Å²) < 4.78 is 32.7. The van der Waals surface area contributed by atoms with Gasteiger partial charge in [-0.2, -0.15) is 13.2 Å². The quantitative estimate of drug-likeness (QED) is 0.373. The van der Waals surface area contributed by atoms with Crippen LogP contribution in [0, 0.1) is 37.0 Å². The molecule has 1 aliphatic carbocycles. The number of nitrogens with zero attached hydrogens (tertiary/aromatic N) is 3. The first-order chi connectivity index (χ1) is 19.6. The average Bonchev–Trinajstić information content (AvgIpc) is 3.10. The maximum atomic E-state index is 12.8. The number of nitrogens with one attached hydrogen (secondary N) is 2. The molecule has 5 heterocycles. The summed E-state index contributed by atoms with van der Waals surface area (Å²) in [5.41, 5.74) is 4.67. The fraction of sp³-hybridized carbons (Fsp3) is 0.429. The van der Waals surface area contributed by atoms with Crippen molar-refractivity contribution in [1.29, 1.82) is 0 Å². The number of imide groups is 1. The van der Waals surface area contributed by atoms with E-state index in [4.69, 9.17) is 14.9 Å². The van der Waals surface area contributed by atoms with Gasteiger partial charge in [-0.15, -0.1) is 11.3 Å². The van der Waals surface area contributed by atoms with Gasteiger partial charge in [-0.1, -0.05) is 13.8 Å². The molecule has 0 spiro atoms. The Hall–Kier alpha value is -3.91. The first-order valence-electron chi connectivity index (χ1n) is 13.1. The van der Waals surface area contributed by atoms with Crippen molar-refractivity contribution in [3.8, 4) is 11.3 Å². The number of aromatic nitrogens is 2. The van der Waals surface area contributed by atoms with Gasteiger partial charge in [-0.05, 0) is 43.0 Å². The number of carbonyl (C=O) groups excluding carboxylic acids is 3. The number of rotatable bonds is 5. The largest absolute Gasteiger partial charge is 0.490 e. The van der Waals surface area contributed by atoms with Crippen molar-refractivity contribution in [3.05, 3.63) is 40.5 Å². The van der Waals surface area contributed by atoms with Gasteiger partial charge in [0.15, 0.2) is 0 Å². The molecule has 10 nitrogen and oxygen atoms in total. The molecule has 0 bridgehead atoms. The number of aryl methyl sites for hydroxylation is 2. The highest BCUT2D eigenvalue weighted by atomic mass is 32.1. The summed E-state index contributed by atoms with van der Waals surface area (Å²) in [6, 6.07) is 5.82. The molecule has 0 aromatic carbocycles. The van der Waals surface area contributed by atoms with E-state index in [9.17, 15) is 27.6 Å². The van der Waals surface area contributed by atoms with Crippen LogP contribution >= 0.6 is 11.3 Å². The fourth-order valence-corrected chi connectivity index (χ4v) is 6.57. The molecule has 3 N–H and O–H groups in total. The van der Waals surface area contributed by atoms with E-state index in [2.05, 4.69) is 15.6 Å². The van der Waals surface area contributed by atoms with Crippen LogP contribution in [0.25, 0.3) is 21.5 Å². The highest BCUT2D eigenvalue weighted by Crippen LogP contribution is 2.63. The number of likely N-dealkylation sites (tertiary alicyclic amines) is 1. The van der Waals surface area contributed by atoms with Crippen LogP contribution in [0.2, 0.25) is 0 Å². The Morgan fingerprint density at radius 1 is 1.17 bits per heavy atom. The van der Waals surface area contributed by atoms with Gasteiger partial charge >= 0.3 is 12.1 Å². The maximum absolute atomic E-state index is 12.8. The summed E-state index contributed by atoms with van der Waals surface area (Å²) in [6.07, 6.45) is -3.35. The van der Waals surface area contributed by atoms with Crippen molar-refractivity contribution in [2.45, 2.75) is 40.4 Å². The van der Waals surface area contributed by atoms with Gasteiger partial charge in [0.1, 0.15) is 0 Å². The molecule has 222 valence electrons. The van der Waals surface area contributed by atoms with Gasteiger partial charge in [0.05, 0.1) is 45.9 Å². The Morgan fingerprint density at radius 3 is 2.33 bits per heavy atom. The molecule has 0 radical (unpaired) electrons. The lowest BCUT2D eigenvalue weighted by molar-refractivity contribution is -0.192.